The van der Waals surface area contributed by atoms with Crippen LogP contribution < -0.4 is 0 Å². The fourth-order valence-electron chi connectivity index (χ4n) is 0.305. The Morgan fingerprint density at radius 1 is 1.00 bits per heavy atom. The van der Waals surface area contributed by atoms with Gasteiger partial charge in [0.1, 0.15) is 0 Å². The molecule has 48 valence electrons. The van der Waals surface area contributed by atoms with Gasteiger partial charge < -0.3 is 9.97 Å². The van der Waals surface area contributed by atoms with Crippen molar-refractivity contribution in [2.24, 2.45) is 0 Å². The molecule has 1 heterocycles. The molecule has 0 N–H and O–H groups in total. The molecule has 0 aromatic carbocycles. The Balaban J connectivity index is -0.0000000612. The first-order chi connectivity index (χ1) is 3.39. The van der Waals surface area contributed by atoms with Crippen molar-refractivity contribution in [2.45, 2.75) is 6.92 Å². The molecule has 1 aromatic heterocycles. The summed E-state index contributed by atoms with van der Waals surface area (Å²) in [6.07, 6.45) is 5.19. The van der Waals surface area contributed by atoms with Crippen molar-refractivity contribution < 1.29 is 131 Å². The van der Waals surface area contributed by atoms with E-state index in [9.17, 15) is 0 Å². The summed E-state index contributed by atoms with van der Waals surface area (Å²) < 4.78 is 0. The van der Waals surface area contributed by atoms with Crippen LogP contribution in [0.25, 0.3) is 0 Å². The van der Waals surface area contributed by atoms with Crippen molar-refractivity contribution in [2.75, 3.05) is 0 Å². The van der Waals surface area contributed by atoms with E-state index in [0.717, 1.165) is 0 Å². The summed E-state index contributed by atoms with van der Waals surface area (Å²) in [5.41, 5.74) is 0. The van der Waals surface area contributed by atoms with E-state index in [2.05, 4.69) is 22.4 Å². The molecule has 0 unspecified atom stereocenters. The molecule has 6 heteroatoms. The van der Waals surface area contributed by atoms with Crippen molar-refractivity contribution in [3.05, 3.63) is 24.3 Å². The van der Waals surface area contributed by atoms with Crippen LogP contribution in [0, 0.1) is 19.3 Å². The second-order valence-corrected chi connectivity index (χ2v) is 1.17. The van der Waals surface area contributed by atoms with Gasteiger partial charge in [-0.3, -0.25) is 18.5 Å². The fourth-order valence-corrected chi connectivity index (χ4v) is 0.305. The molecule has 2 nitrogen and oxygen atoms in total. The number of hydrogen-bond donors (Lipinski definition) is 0. The van der Waals surface area contributed by atoms with Gasteiger partial charge in [0.15, 0.2) is 0 Å². The average Bonchev–Trinajstić information content (AvgIpc) is 1.69. The van der Waals surface area contributed by atoms with Crippen LogP contribution in [-0.2, 0) is 131 Å². The van der Waals surface area contributed by atoms with E-state index < -0.39 is 0 Å². The van der Waals surface area contributed by atoms with Gasteiger partial charge in [-0.25, -0.2) is 0 Å². The molecule has 11 heavy (non-hydrogen) atoms. The van der Waals surface area contributed by atoms with Crippen LogP contribution in [0.2, 0.25) is 0 Å². The second-order valence-electron chi connectivity index (χ2n) is 1.17. The topological polar surface area (TPSA) is 25.8 Å². The summed E-state index contributed by atoms with van der Waals surface area (Å²) in [7, 11) is 0. The van der Waals surface area contributed by atoms with Gasteiger partial charge in [0.05, 0.1) is 0 Å². The largest absolute Gasteiger partial charge is 0.510 e. The molecule has 0 saturated carbocycles. The van der Waals surface area contributed by atoms with E-state index in [1.165, 1.54) is 0 Å². The molecule has 0 aliphatic heterocycles. The van der Waals surface area contributed by atoms with E-state index in [0.29, 0.717) is 5.82 Å². The standard InChI is InChI=1S/C5H4N2.4Y/c1-5-6-3-2-4-7-5;;;;/h2H,1H3;;;;/q-2;;;;. The van der Waals surface area contributed by atoms with Crippen LogP contribution in [0.15, 0.2) is 6.07 Å². The fraction of sp³-hybridized carbons (Fsp3) is 0.200. The second kappa shape index (κ2) is 15.9. The molecule has 0 atom stereocenters. The molecule has 0 aliphatic rings. The molecule has 1 rings (SSSR count). The van der Waals surface area contributed by atoms with Crippen molar-refractivity contribution in [3.63, 3.8) is 0 Å². The summed E-state index contributed by atoms with van der Waals surface area (Å²) in [5.74, 6) is 0.711. The Kier molecular flexibility index (Phi) is 34.7. The Bertz CT molecular complexity index is 146. The van der Waals surface area contributed by atoms with Gasteiger partial charge in [-0.2, -0.15) is 0 Å². The Morgan fingerprint density at radius 2 is 1.36 bits per heavy atom. The number of nitrogens with zero attached hydrogens (tertiary/aromatic N) is 2. The molecule has 0 spiro atoms. The molecular formula is C5H4N2Y4-2. The minimum atomic E-state index is 0. The monoisotopic (exact) mass is 448 g/mol. The van der Waals surface area contributed by atoms with Crippen LogP contribution >= 0.6 is 0 Å². The summed E-state index contributed by atoms with van der Waals surface area (Å²) in [4.78, 5) is 7.42. The van der Waals surface area contributed by atoms with Crippen LogP contribution in [0.4, 0.5) is 0 Å². The molecule has 0 saturated heterocycles. The van der Waals surface area contributed by atoms with Gasteiger partial charge in [0, 0.05) is 131 Å². The van der Waals surface area contributed by atoms with Crippen LogP contribution in [0.3, 0.4) is 0 Å². The molecular weight excluding hydrogens is 444 g/mol. The van der Waals surface area contributed by atoms with Crippen molar-refractivity contribution in [1.29, 1.82) is 0 Å². The number of aryl methyl sites for hydroxylation is 1. The zero-order valence-corrected chi connectivity index (χ0v) is 17.6. The molecule has 0 amide bonds. The first kappa shape index (κ1) is 24.0. The van der Waals surface area contributed by atoms with Gasteiger partial charge in [0.25, 0.3) is 0 Å². The first-order valence-corrected chi connectivity index (χ1v) is 1.97. The predicted molar refractivity (Wildman–Crippen MR) is 24.4 cm³/mol. The molecule has 0 aliphatic carbocycles. The Labute approximate surface area is 168 Å². The quantitative estimate of drug-likeness (QED) is 0.538. The third-order valence-electron chi connectivity index (χ3n) is 0.582. The SMILES string of the molecule is Cc1n[c-]c[c-]n1.[Y].[Y].[Y].[Y]. The van der Waals surface area contributed by atoms with Gasteiger partial charge in [-0.05, 0) is 0 Å². The maximum Gasteiger partial charge on any atom is 0 e. The number of hydrogen-bond acceptors (Lipinski definition) is 2. The van der Waals surface area contributed by atoms with E-state index in [4.69, 9.17) is 0 Å². The zero-order chi connectivity index (χ0) is 5.11. The predicted octanol–water partition coefficient (Wildman–Crippen LogP) is 0.375. The summed E-state index contributed by atoms with van der Waals surface area (Å²) >= 11 is 0. The van der Waals surface area contributed by atoms with Gasteiger partial charge in [0.2, 0.25) is 0 Å². The minimum absolute atomic E-state index is 0. The van der Waals surface area contributed by atoms with Gasteiger partial charge in [-0.15, -0.1) is 5.82 Å². The van der Waals surface area contributed by atoms with Gasteiger partial charge in [-0.1, -0.05) is 6.92 Å². The van der Waals surface area contributed by atoms with Crippen molar-refractivity contribution in [3.8, 4) is 0 Å². The summed E-state index contributed by atoms with van der Waals surface area (Å²) in [6.45, 7) is 1.80. The smallest absolute Gasteiger partial charge is 0 e. The maximum absolute atomic E-state index is 3.71. The van der Waals surface area contributed by atoms with Crippen LogP contribution in [-0.4, -0.2) is 9.97 Å². The van der Waals surface area contributed by atoms with E-state index in [1.54, 1.807) is 13.0 Å². The summed E-state index contributed by atoms with van der Waals surface area (Å²) in [5, 5.41) is 0. The van der Waals surface area contributed by atoms with E-state index in [-0.39, 0.29) is 131 Å². The Morgan fingerprint density at radius 3 is 1.55 bits per heavy atom. The number of aromatic nitrogens is 2. The molecule has 4 radical (unpaired) electrons. The summed E-state index contributed by atoms with van der Waals surface area (Å²) in [6, 6.07) is 1.55. The first-order valence-electron chi connectivity index (χ1n) is 1.97. The maximum atomic E-state index is 3.71. The zero-order valence-electron chi connectivity index (χ0n) is 6.28. The van der Waals surface area contributed by atoms with Crippen molar-refractivity contribution in [1.82, 2.24) is 9.97 Å². The van der Waals surface area contributed by atoms with E-state index in [1.807, 2.05) is 0 Å². The minimum Gasteiger partial charge on any atom is -0.510 e. The van der Waals surface area contributed by atoms with E-state index >= 15 is 0 Å². The number of rotatable bonds is 0. The van der Waals surface area contributed by atoms with Crippen LogP contribution in [0.5, 0.6) is 0 Å². The third kappa shape index (κ3) is 13.5. The molecule has 0 fully saturated rings. The van der Waals surface area contributed by atoms with Crippen LogP contribution in [0.1, 0.15) is 5.82 Å². The third-order valence-corrected chi connectivity index (χ3v) is 0.582. The molecule has 1 aromatic rings. The van der Waals surface area contributed by atoms with Gasteiger partial charge >= 0.3 is 0 Å². The van der Waals surface area contributed by atoms with Crippen molar-refractivity contribution >= 4 is 0 Å². The molecule has 0 bridgehead atoms. The normalized spacial score (nSPS) is 5.55. The average molecular weight is 448 g/mol. The Hall–Kier alpha value is 3.50.